The van der Waals surface area contributed by atoms with E-state index in [1.807, 2.05) is 17.6 Å². The summed E-state index contributed by atoms with van der Waals surface area (Å²) in [6.07, 6.45) is 6.43. The molecule has 85 heavy (non-hydrogen) atoms. The molecular weight excluding hydrogens is 1110 g/mol. The number of pyridine rings is 3. The number of hydrogen-bond donors (Lipinski definition) is 2. The predicted molar refractivity (Wildman–Crippen MR) is 301 cm³/mol. The van der Waals surface area contributed by atoms with Crippen LogP contribution in [0.25, 0.3) is 45.0 Å². The Morgan fingerprint density at radius 3 is 2.11 bits per heavy atom. The minimum Gasteiger partial charge on any atom is -0.370 e. The molecule has 3 aromatic carbocycles. The second-order valence-corrected chi connectivity index (χ2v) is 22.1. The van der Waals surface area contributed by atoms with Gasteiger partial charge in [-0.05, 0) is 144 Å². The van der Waals surface area contributed by atoms with Gasteiger partial charge in [0.05, 0.1) is 29.8 Å². The Kier molecular flexibility index (Phi) is 14.4. The number of terminal acetylenes is 1. The maximum absolute atomic E-state index is 15.4. The number of rotatable bonds is 17. The van der Waals surface area contributed by atoms with Crippen molar-refractivity contribution in [1.29, 1.82) is 5.26 Å². The highest BCUT2D eigenvalue weighted by molar-refractivity contribution is 6.11. The molecule has 0 radical (unpaired) electrons. The SMILES string of the molecule is C#CCCNc1cc(-c2cnccc2-c2nncn2CCC(C)CNc2cc(-c3cc(C#N)c(F)cc3-c3nncn3C)cc(N3Cc4c(cccc4C(F)(F)F)C3=O)n2)cc(N2Cc3c(cc(CN4CCC5(CC5)C4)cc3C(F)(F)F)C2=O)n1. The molecule has 2 N–H and O–H groups in total. The second-order valence-electron chi connectivity index (χ2n) is 22.1. The van der Waals surface area contributed by atoms with Gasteiger partial charge in [-0.3, -0.25) is 29.3 Å². The number of likely N-dealkylation sites (tertiary alicyclic amines) is 1. The quantitative estimate of drug-likeness (QED) is 0.0498. The highest BCUT2D eigenvalue weighted by Gasteiger charge is 2.48. The van der Waals surface area contributed by atoms with E-state index in [0.29, 0.717) is 77.5 Å². The molecular formula is C61H52F7N15O2. The Hall–Kier alpha value is -9.55. The smallest absolute Gasteiger partial charge is 0.370 e. The van der Waals surface area contributed by atoms with Crippen molar-refractivity contribution in [3.63, 3.8) is 0 Å². The fraction of sp³-hybridized carbons (Fsp3) is 0.311. The molecule has 0 bridgehead atoms. The molecule has 2 fully saturated rings. The largest absolute Gasteiger partial charge is 0.416 e. The number of anilines is 4. The van der Waals surface area contributed by atoms with E-state index in [0.717, 1.165) is 49.4 Å². The first-order valence-electron chi connectivity index (χ1n) is 27.4. The third-order valence-corrected chi connectivity index (χ3v) is 16.3. The van der Waals surface area contributed by atoms with Gasteiger partial charge in [-0.2, -0.15) is 31.6 Å². The number of nitriles is 1. The summed E-state index contributed by atoms with van der Waals surface area (Å²) in [6, 6.07) is 18.8. The number of benzene rings is 3. The Morgan fingerprint density at radius 1 is 0.753 bits per heavy atom. The van der Waals surface area contributed by atoms with Crippen LogP contribution in [0.1, 0.15) is 93.1 Å². The second kappa shape index (κ2) is 21.9. The Balaban J connectivity index is 0.813. The lowest BCUT2D eigenvalue weighted by Gasteiger charge is -2.20. The summed E-state index contributed by atoms with van der Waals surface area (Å²) in [6.45, 7) is 4.07. The van der Waals surface area contributed by atoms with E-state index in [1.165, 1.54) is 41.6 Å². The van der Waals surface area contributed by atoms with Gasteiger partial charge >= 0.3 is 12.4 Å². The number of nitrogens with one attached hydrogen (secondary N) is 2. The van der Waals surface area contributed by atoms with Gasteiger partial charge in [-0.25, -0.2) is 14.4 Å². The molecule has 1 atom stereocenters. The van der Waals surface area contributed by atoms with Crippen LogP contribution >= 0.6 is 0 Å². The number of amides is 2. The molecule has 4 aliphatic rings. The zero-order chi connectivity index (χ0) is 59.5. The number of aromatic nitrogens is 9. The highest BCUT2D eigenvalue weighted by Crippen LogP contribution is 2.53. The van der Waals surface area contributed by atoms with Crippen LogP contribution in [0.2, 0.25) is 0 Å². The fourth-order valence-corrected chi connectivity index (χ4v) is 11.6. The first-order chi connectivity index (χ1) is 40.8. The summed E-state index contributed by atoms with van der Waals surface area (Å²) in [7, 11) is 1.65. The zero-order valence-electron chi connectivity index (χ0n) is 45.9. The summed E-state index contributed by atoms with van der Waals surface area (Å²) in [5, 5.41) is 33.4. The van der Waals surface area contributed by atoms with Gasteiger partial charge in [0.1, 0.15) is 47.8 Å². The van der Waals surface area contributed by atoms with Gasteiger partial charge < -0.3 is 19.8 Å². The van der Waals surface area contributed by atoms with Gasteiger partial charge in [-0.1, -0.05) is 13.0 Å². The first kappa shape index (κ1) is 56.0. The van der Waals surface area contributed by atoms with Crippen molar-refractivity contribution in [2.75, 3.05) is 46.6 Å². The molecule has 1 aliphatic carbocycles. The number of carbonyl (C=O) groups excluding carboxylic acids is 2. The lowest BCUT2D eigenvalue weighted by atomic mass is 9.96. The molecule has 1 spiro atoms. The number of nitrogens with zero attached hydrogens (tertiary/aromatic N) is 13. The normalized spacial score (nSPS) is 15.8. The molecule has 8 heterocycles. The monoisotopic (exact) mass is 1160 g/mol. The molecule has 1 unspecified atom stereocenters. The standard InChI is InChI=1S/C61H52F7N15O2/c1-4-5-14-71-51-22-38(24-54(75-51)83-31-47-44(58(83)85)18-36(19-49(47)61(66,67)68)29-80-17-13-59(32-80)11-12-59)45-28-70-15-9-40(45)56-78-74-34-81(56)16-10-35(2)27-72-52-21-37(42-20-39(26-69)50(62)25-43(42)55-77-73-33-79(55)3)23-53(76-52)82-30-46-41(57(82)84)7-6-8-48(46)60(63,64)65/h1,6-9,15,18-25,28,33-35H,5,10-14,16-17,27,29-32H2,2-3H3,(H,71,75)(H,72,76). The number of alkyl halides is 6. The highest BCUT2D eigenvalue weighted by atomic mass is 19.4. The van der Waals surface area contributed by atoms with Crippen molar-refractivity contribution >= 4 is 35.1 Å². The molecule has 2 amide bonds. The maximum Gasteiger partial charge on any atom is 0.416 e. The Morgan fingerprint density at radius 2 is 1.44 bits per heavy atom. The van der Waals surface area contributed by atoms with E-state index in [2.05, 4.69) is 46.8 Å². The molecule has 5 aromatic heterocycles. The Labute approximate surface area is 482 Å². The van der Waals surface area contributed by atoms with Crippen LogP contribution in [0.5, 0.6) is 0 Å². The van der Waals surface area contributed by atoms with E-state index >= 15 is 4.39 Å². The van der Waals surface area contributed by atoms with Crippen LogP contribution in [0.4, 0.5) is 54.0 Å². The third kappa shape index (κ3) is 11.0. The molecule has 24 heteroatoms. The molecule has 12 rings (SSSR count). The van der Waals surface area contributed by atoms with Crippen molar-refractivity contribution in [3.8, 4) is 63.4 Å². The van der Waals surface area contributed by atoms with E-state index in [9.17, 15) is 41.2 Å². The summed E-state index contributed by atoms with van der Waals surface area (Å²) in [5.74, 6) is 1.67. The van der Waals surface area contributed by atoms with Crippen molar-refractivity contribution in [2.45, 2.75) is 77.6 Å². The maximum atomic E-state index is 15.4. The molecule has 17 nitrogen and oxygen atoms in total. The van der Waals surface area contributed by atoms with E-state index in [4.69, 9.17) is 16.4 Å². The number of carbonyl (C=O) groups is 2. The summed E-state index contributed by atoms with van der Waals surface area (Å²) < 4.78 is 106. The molecule has 432 valence electrons. The van der Waals surface area contributed by atoms with Crippen LogP contribution in [-0.4, -0.2) is 87.4 Å². The van der Waals surface area contributed by atoms with E-state index in [-0.39, 0.29) is 81.1 Å². The number of halogens is 7. The minimum atomic E-state index is -4.74. The van der Waals surface area contributed by atoms with E-state index in [1.54, 1.807) is 60.7 Å². The number of hydrogen-bond acceptors (Lipinski definition) is 13. The molecule has 1 saturated heterocycles. The zero-order valence-corrected chi connectivity index (χ0v) is 45.9. The fourth-order valence-electron chi connectivity index (χ4n) is 11.6. The lowest BCUT2D eigenvalue weighted by molar-refractivity contribution is -0.139. The number of aryl methyl sites for hydroxylation is 2. The summed E-state index contributed by atoms with van der Waals surface area (Å²) >= 11 is 0. The third-order valence-electron chi connectivity index (χ3n) is 16.3. The van der Waals surface area contributed by atoms with E-state index < -0.39 is 47.7 Å². The summed E-state index contributed by atoms with van der Waals surface area (Å²) in [5.41, 5.74) is 0.711. The number of fused-ring (bicyclic) bond motifs is 2. The topological polar surface area (TPSA) is 192 Å². The van der Waals surface area contributed by atoms with Crippen molar-refractivity contribution in [3.05, 3.63) is 148 Å². The first-order valence-corrected chi connectivity index (χ1v) is 27.4. The molecule has 3 aliphatic heterocycles. The van der Waals surface area contributed by atoms with Crippen LogP contribution in [-0.2, 0) is 45.6 Å². The van der Waals surface area contributed by atoms with Crippen LogP contribution in [0.3, 0.4) is 0 Å². The van der Waals surface area contributed by atoms with Crippen LogP contribution < -0.4 is 20.4 Å². The van der Waals surface area contributed by atoms with Gasteiger partial charge in [0.15, 0.2) is 11.6 Å². The molecule has 1 saturated carbocycles. The van der Waals surface area contributed by atoms with Crippen molar-refractivity contribution in [2.24, 2.45) is 18.4 Å². The summed E-state index contributed by atoms with van der Waals surface area (Å²) in [4.78, 5) is 46.9. The van der Waals surface area contributed by atoms with Crippen LogP contribution in [0, 0.1) is 40.8 Å². The average Bonchev–Trinajstić information content (AvgIpc) is 2.85. The van der Waals surface area contributed by atoms with Gasteiger partial charge in [0.25, 0.3) is 11.8 Å². The molecule has 8 aromatic rings. The van der Waals surface area contributed by atoms with Gasteiger partial charge in [-0.15, -0.1) is 32.7 Å². The Bertz CT molecular complexity index is 4060. The average molecular weight is 1160 g/mol. The van der Waals surface area contributed by atoms with Gasteiger partial charge in [0.2, 0.25) is 0 Å². The van der Waals surface area contributed by atoms with Gasteiger partial charge in [0, 0.05) is 86.4 Å². The minimum absolute atomic E-state index is 0.00608. The predicted octanol–water partition coefficient (Wildman–Crippen LogP) is 11.2. The van der Waals surface area contributed by atoms with Crippen molar-refractivity contribution < 1.29 is 40.3 Å². The lowest BCUT2D eigenvalue weighted by Crippen LogP contribution is -2.25. The van der Waals surface area contributed by atoms with Crippen molar-refractivity contribution in [1.82, 2.24) is 49.4 Å². The van der Waals surface area contributed by atoms with Crippen LogP contribution in [0.15, 0.2) is 97.8 Å².